The van der Waals surface area contributed by atoms with Crippen LogP contribution in [0.1, 0.15) is 25.6 Å². The summed E-state index contributed by atoms with van der Waals surface area (Å²) < 4.78 is 0. The maximum Gasteiger partial charge on any atom is 0.244 e. The fourth-order valence-corrected chi connectivity index (χ4v) is 2.03. The number of hydrogen-bond acceptors (Lipinski definition) is 3. The van der Waals surface area contributed by atoms with Gasteiger partial charge in [0.2, 0.25) is 5.91 Å². The first-order valence-corrected chi connectivity index (χ1v) is 5.99. The van der Waals surface area contributed by atoms with E-state index in [0.717, 1.165) is 10.5 Å². The van der Waals surface area contributed by atoms with E-state index in [1.165, 1.54) is 17.4 Å². The Morgan fingerprint density at radius 2 is 2.31 bits per heavy atom. The molecule has 1 aromatic heterocycles. The molecule has 0 saturated heterocycles. The van der Waals surface area contributed by atoms with Crippen LogP contribution >= 0.6 is 11.3 Å². The molecule has 1 heterocycles. The Labute approximate surface area is 99.8 Å². The zero-order valence-corrected chi connectivity index (χ0v) is 10.6. The van der Waals surface area contributed by atoms with E-state index in [9.17, 15) is 9.90 Å². The zero-order chi connectivity index (χ0) is 12.2. The minimum atomic E-state index is -1.00. The van der Waals surface area contributed by atoms with Gasteiger partial charge in [-0.15, -0.1) is 11.3 Å². The van der Waals surface area contributed by atoms with Crippen LogP contribution in [-0.4, -0.2) is 17.6 Å². The summed E-state index contributed by atoms with van der Waals surface area (Å²) in [7, 11) is 0. The van der Waals surface area contributed by atoms with Crippen LogP contribution in [0.25, 0.3) is 0 Å². The predicted octanol–water partition coefficient (Wildman–Crippen LogP) is 2.04. The number of nitrogens with one attached hydrogen (secondary N) is 1. The van der Waals surface area contributed by atoms with E-state index in [1.807, 2.05) is 31.4 Å². The first-order chi connectivity index (χ1) is 7.42. The largest absolute Gasteiger partial charge is 0.383 e. The van der Waals surface area contributed by atoms with E-state index < -0.39 is 5.60 Å². The number of hydrogen-bond donors (Lipinski definition) is 2. The van der Waals surface area contributed by atoms with Gasteiger partial charge < -0.3 is 10.4 Å². The molecule has 2 N–H and O–H groups in total. The van der Waals surface area contributed by atoms with Gasteiger partial charge in [0.05, 0.1) is 6.54 Å². The quantitative estimate of drug-likeness (QED) is 0.790. The third-order valence-corrected chi connectivity index (χ3v) is 3.20. The summed E-state index contributed by atoms with van der Waals surface area (Å²) in [5, 5.41) is 14.7. The summed E-state index contributed by atoms with van der Waals surface area (Å²) >= 11 is 1.48. The molecule has 88 valence electrons. The normalized spacial score (nSPS) is 14.0. The minimum absolute atomic E-state index is 0.170. The smallest absolute Gasteiger partial charge is 0.244 e. The lowest BCUT2D eigenvalue weighted by molar-refractivity contribution is -0.117. The Morgan fingerprint density at radius 3 is 2.81 bits per heavy atom. The van der Waals surface area contributed by atoms with E-state index in [0.29, 0.717) is 0 Å². The van der Waals surface area contributed by atoms with Crippen LogP contribution in [0.15, 0.2) is 29.2 Å². The topological polar surface area (TPSA) is 49.3 Å². The molecule has 0 radical (unpaired) electrons. The molecule has 0 fully saturated rings. The number of thiophene rings is 1. The Kier molecular flexibility index (Phi) is 4.26. The zero-order valence-electron chi connectivity index (χ0n) is 9.78. The minimum Gasteiger partial charge on any atom is -0.383 e. The van der Waals surface area contributed by atoms with Crippen LogP contribution in [0.2, 0.25) is 0 Å². The molecule has 1 amide bonds. The first kappa shape index (κ1) is 12.9. The standard InChI is InChI=1S/C12H17NO2S/c1-9(2)7-11(14)13-8-12(3,15)10-5-4-6-16-10/h4-7,15H,8H2,1-3H3,(H,13,14)/t12-/m0/s1. The van der Waals surface area contributed by atoms with Gasteiger partial charge in [-0.3, -0.25) is 4.79 Å². The highest BCUT2D eigenvalue weighted by Crippen LogP contribution is 2.24. The summed E-state index contributed by atoms with van der Waals surface area (Å²) in [5.74, 6) is -0.170. The molecule has 1 aromatic rings. The fraction of sp³-hybridized carbons (Fsp3) is 0.417. The van der Waals surface area contributed by atoms with Crippen LogP contribution in [0.4, 0.5) is 0 Å². The molecule has 1 atom stereocenters. The maximum atomic E-state index is 11.4. The molecule has 0 aliphatic rings. The summed E-state index contributed by atoms with van der Waals surface area (Å²) in [6, 6.07) is 3.74. The highest BCUT2D eigenvalue weighted by atomic mass is 32.1. The van der Waals surface area contributed by atoms with E-state index in [1.54, 1.807) is 6.92 Å². The Bertz CT molecular complexity index is 376. The molecule has 0 spiro atoms. The SMILES string of the molecule is CC(C)=CC(=O)NC[C@](C)(O)c1cccs1. The van der Waals surface area contributed by atoms with Crippen molar-refractivity contribution in [1.29, 1.82) is 0 Å². The lowest BCUT2D eigenvalue weighted by Crippen LogP contribution is -2.37. The van der Waals surface area contributed by atoms with Crippen molar-refractivity contribution in [2.75, 3.05) is 6.54 Å². The van der Waals surface area contributed by atoms with Crippen molar-refractivity contribution in [3.05, 3.63) is 34.0 Å². The van der Waals surface area contributed by atoms with Gasteiger partial charge in [0, 0.05) is 11.0 Å². The van der Waals surface area contributed by atoms with Crippen molar-refractivity contribution in [3.8, 4) is 0 Å². The number of amides is 1. The van der Waals surface area contributed by atoms with Crippen molar-refractivity contribution < 1.29 is 9.90 Å². The highest BCUT2D eigenvalue weighted by molar-refractivity contribution is 7.10. The van der Waals surface area contributed by atoms with E-state index in [-0.39, 0.29) is 12.5 Å². The van der Waals surface area contributed by atoms with Crippen molar-refractivity contribution in [2.45, 2.75) is 26.4 Å². The predicted molar refractivity (Wildman–Crippen MR) is 66.3 cm³/mol. The van der Waals surface area contributed by atoms with Crippen LogP contribution in [0, 0.1) is 0 Å². The molecule has 0 saturated carbocycles. The van der Waals surface area contributed by atoms with E-state index in [2.05, 4.69) is 5.32 Å². The second-order valence-corrected chi connectivity index (χ2v) is 5.14. The van der Waals surface area contributed by atoms with Crippen LogP contribution in [0.5, 0.6) is 0 Å². The second kappa shape index (κ2) is 5.27. The fourth-order valence-electron chi connectivity index (χ4n) is 1.24. The molecule has 1 rings (SSSR count). The van der Waals surface area contributed by atoms with E-state index >= 15 is 0 Å². The average molecular weight is 239 g/mol. The summed E-state index contributed by atoms with van der Waals surface area (Å²) in [5.41, 5.74) is -0.0625. The van der Waals surface area contributed by atoms with Gasteiger partial charge in [-0.1, -0.05) is 11.6 Å². The van der Waals surface area contributed by atoms with Crippen LogP contribution < -0.4 is 5.32 Å². The molecule has 0 aliphatic heterocycles. The van der Waals surface area contributed by atoms with Crippen LogP contribution in [0.3, 0.4) is 0 Å². The van der Waals surface area contributed by atoms with Gasteiger partial charge in [0.15, 0.2) is 0 Å². The van der Waals surface area contributed by atoms with Gasteiger partial charge in [0.25, 0.3) is 0 Å². The maximum absolute atomic E-state index is 11.4. The summed E-state index contributed by atoms with van der Waals surface area (Å²) in [4.78, 5) is 12.2. The average Bonchev–Trinajstić information content (AvgIpc) is 2.67. The van der Waals surface area contributed by atoms with Gasteiger partial charge in [0.1, 0.15) is 5.60 Å². The third-order valence-electron chi connectivity index (χ3n) is 2.08. The Morgan fingerprint density at radius 1 is 1.62 bits per heavy atom. The monoisotopic (exact) mass is 239 g/mol. The molecule has 0 bridgehead atoms. The van der Waals surface area contributed by atoms with Crippen LogP contribution in [-0.2, 0) is 10.4 Å². The number of allylic oxidation sites excluding steroid dienone is 1. The second-order valence-electron chi connectivity index (χ2n) is 4.19. The Hall–Kier alpha value is -1.13. The molecule has 0 aliphatic carbocycles. The van der Waals surface area contributed by atoms with Crippen molar-refractivity contribution in [2.24, 2.45) is 0 Å². The summed E-state index contributed by atoms with van der Waals surface area (Å²) in [6.07, 6.45) is 1.52. The van der Waals surface area contributed by atoms with Gasteiger partial charge in [-0.25, -0.2) is 0 Å². The van der Waals surface area contributed by atoms with E-state index in [4.69, 9.17) is 0 Å². The van der Waals surface area contributed by atoms with Crippen molar-refractivity contribution in [3.63, 3.8) is 0 Å². The molecular formula is C12H17NO2S. The molecule has 4 heteroatoms. The first-order valence-electron chi connectivity index (χ1n) is 5.11. The highest BCUT2D eigenvalue weighted by Gasteiger charge is 2.24. The Balaban J connectivity index is 2.55. The molecular weight excluding hydrogens is 222 g/mol. The number of rotatable bonds is 4. The lowest BCUT2D eigenvalue weighted by Gasteiger charge is -2.21. The number of carbonyl (C=O) groups is 1. The third kappa shape index (κ3) is 3.79. The number of carbonyl (C=O) groups excluding carboxylic acids is 1. The van der Waals surface area contributed by atoms with Gasteiger partial charge >= 0.3 is 0 Å². The molecule has 0 aromatic carbocycles. The van der Waals surface area contributed by atoms with Crippen molar-refractivity contribution >= 4 is 17.2 Å². The van der Waals surface area contributed by atoms with Gasteiger partial charge in [-0.2, -0.15) is 0 Å². The molecule has 16 heavy (non-hydrogen) atoms. The number of aliphatic hydroxyl groups is 1. The van der Waals surface area contributed by atoms with Crippen molar-refractivity contribution in [1.82, 2.24) is 5.32 Å². The molecule has 3 nitrogen and oxygen atoms in total. The van der Waals surface area contributed by atoms with Gasteiger partial charge in [-0.05, 0) is 32.2 Å². The lowest BCUT2D eigenvalue weighted by atomic mass is 10.1. The molecule has 0 unspecified atom stereocenters. The summed E-state index contributed by atoms with van der Waals surface area (Å²) in [6.45, 7) is 5.63.